The van der Waals surface area contributed by atoms with Crippen molar-refractivity contribution in [1.82, 2.24) is 0 Å². The molecule has 5 heteroatoms. The fourth-order valence-electron chi connectivity index (χ4n) is 2.11. The van der Waals surface area contributed by atoms with Crippen molar-refractivity contribution in [1.29, 1.82) is 5.26 Å². The van der Waals surface area contributed by atoms with Gasteiger partial charge in [-0.15, -0.1) is 0 Å². The van der Waals surface area contributed by atoms with Crippen LogP contribution in [-0.2, 0) is 4.79 Å². The Morgan fingerprint density at radius 3 is 2.74 bits per heavy atom. The number of benzene rings is 1. The molecule has 0 radical (unpaired) electrons. The second-order valence-electron chi connectivity index (χ2n) is 4.60. The van der Waals surface area contributed by atoms with Gasteiger partial charge in [-0.1, -0.05) is 23.8 Å². The normalized spacial score (nSPS) is 21.2. The number of allylic oxidation sites excluding steroid dienone is 1. The average Bonchev–Trinajstić information content (AvgIpc) is 3.20. The van der Waals surface area contributed by atoms with Crippen molar-refractivity contribution in [3.63, 3.8) is 0 Å². The Balaban J connectivity index is 2.06. The van der Waals surface area contributed by atoms with E-state index in [0.29, 0.717) is 5.56 Å². The molecule has 2 atom stereocenters. The molecular formula is C14H12N4O. The van der Waals surface area contributed by atoms with Gasteiger partial charge in [0.2, 0.25) is 5.91 Å². The summed E-state index contributed by atoms with van der Waals surface area (Å²) in [6.07, 6.45) is 2.74. The molecule has 0 bridgehead atoms. The summed E-state index contributed by atoms with van der Waals surface area (Å²) in [7, 11) is 0. The number of hydrogen-bond acceptors (Lipinski definition) is 2. The number of nitriles is 1. The van der Waals surface area contributed by atoms with E-state index in [1.807, 2.05) is 25.1 Å². The van der Waals surface area contributed by atoms with Crippen LogP contribution in [-0.4, -0.2) is 5.91 Å². The van der Waals surface area contributed by atoms with Crippen molar-refractivity contribution in [2.24, 2.45) is 17.0 Å². The molecule has 1 aliphatic rings. The molecule has 1 aliphatic carbocycles. The molecule has 1 aromatic carbocycles. The van der Waals surface area contributed by atoms with Gasteiger partial charge in [0.1, 0.15) is 0 Å². The zero-order chi connectivity index (χ0) is 13.8. The Bertz CT molecular complexity index is 618. The number of hydrogen-bond donors (Lipinski definition) is 0. The van der Waals surface area contributed by atoms with Crippen LogP contribution in [0.15, 0.2) is 35.0 Å². The highest BCUT2D eigenvalue weighted by Gasteiger charge is 2.43. The summed E-state index contributed by atoms with van der Waals surface area (Å²) in [5.74, 6) is -0.362. The maximum atomic E-state index is 11.4. The van der Waals surface area contributed by atoms with Gasteiger partial charge in [-0.3, -0.25) is 4.79 Å². The Morgan fingerprint density at radius 2 is 2.16 bits per heavy atom. The van der Waals surface area contributed by atoms with E-state index < -0.39 is 0 Å². The van der Waals surface area contributed by atoms with Crippen molar-refractivity contribution < 1.29 is 4.79 Å². The first-order valence-corrected chi connectivity index (χ1v) is 5.93. The maximum Gasteiger partial charge on any atom is 0.222 e. The molecule has 0 spiro atoms. The molecule has 1 aromatic rings. The molecule has 1 saturated carbocycles. The number of carbonyl (C=O) groups is 1. The van der Waals surface area contributed by atoms with Gasteiger partial charge >= 0.3 is 0 Å². The van der Waals surface area contributed by atoms with Gasteiger partial charge in [0.05, 0.1) is 11.6 Å². The lowest BCUT2D eigenvalue weighted by Gasteiger charge is -1.99. The van der Waals surface area contributed by atoms with E-state index in [1.54, 1.807) is 12.1 Å². The summed E-state index contributed by atoms with van der Waals surface area (Å²) in [5.41, 5.74) is 10.9. The lowest BCUT2D eigenvalue weighted by Crippen LogP contribution is -1.97. The van der Waals surface area contributed by atoms with E-state index in [9.17, 15) is 4.79 Å². The van der Waals surface area contributed by atoms with Crippen LogP contribution < -0.4 is 0 Å². The third-order valence-electron chi connectivity index (χ3n) is 3.27. The highest BCUT2D eigenvalue weighted by Crippen LogP contribution is 2.45. The molecule has 19 heavy (non-hydrogen) atoms. The monoisotopic (exact) mass is 252 g/mol. The van der Waals surface area contributed by atoms with Crippen LogP contribution in [0.2, 0.25) is 0 Å². The van der Waals surface area contributed by atoms with E-state index in [-0.39, 0.29) is 17.7 Å². The Morgan fingerprint density at radius 1 is 1.47 bits per heavy atom. The summed E-state index contributed by atoms with van der Waals surface area (Å²) in [6, 6.07) is 9.32. The minimum atomic E-state index is -0.375. The third-order valence-corrected chi connectivity index (χ3v) is 3.27. The van der Waals surface area contributed by atoms with Crippen molar-refractivity contribution in [3.05, 3.63) is 51.4 Å². The van der Waals surface area contributed by atoms with Gasteiger partial charge in [-0.05, 0) is 47.6 Å². The Kier molecular flexibility index (Phi) is 3.65. The smallest absolute Gasteiger partial charge is 0.222 e. The summed E-state index contributed by atoms with van der Waals surface area (Å²) in [4.78, 5) is 13.9. The van der Waals surface area contributed by atoms with Crippen molar-refractivity contribution in [2.75, 3.05) is 0 Å². The molecule has 94 valence electrons. The Labute approximate surface area is 110 Å². The molecule has 0 aromatic heterocycles. The van der Waals surface area contributed by atoms with Crippen LogP contribution >= 0.6 is 0 Å². The molecule has 2 unspecified atom stereocenters. The van der Waals surface area contributed by atoms with Gasteiger partial charge in [0, 0.05) is 10.8 Å². The van der Waals surface area contributed by atoms with E-state index in [4.69, 9.17) is 10.8 Å². The topological polar surface area (TPSA) is 89.6 Å². The standard InChI is InChI=1S/C14H12N4O/c1-9(12-7-13(12)14(19)17-18-16)6-10-2-4-11(8-15)5-3-10/h2-6,12-13H,7H2,1H3. The number of azide groups is 1. The summed E-state index contributed by atoms with van der Waals surface area (Å²) < 4.78 is 0. The molecular weight excluding hydrogens is 240 g/mol. The van der Waals surface area contributed by atoms with Gasteiger partial charge in [0.15, 0.2) is 0 Å². The zero-order valence-electron chi connectivity index (χ0n) is 10.4. The fourth-order valence-corrected chi connectivity index (χ4v) is 2.11. The second-order valence-corrected chi connectivity index (χ2v) is 4.60. The SMILES string of the molecule is CC(=Cc1ccc(C#N)cc1)C1CC1C(=O)N=[N+]=[N-]. The minimum absolute atomic E-state index is 0.162. The Hall–Kier alpha value is -2.57. The van der Waals surface area contributed by atoms with E-state index in [1.165, 1.54) is 0 Å². The van der Waals surface area contributed by atoms with Gasteiger partial charge in [-0.25, -0.2) is 0 Å². The first-order chi connectivity index (χ1) is 9.15. The highest BCUT2D eigenvalue weighted by molar-refractivity contribution is 5.83. The number of carbonyl (C=O) groups excluding carboxylic acids is 1. The van der Waals surface area contributed by atoms with Crippen molar-refractivity contribution >= 4 is 12.0 Å². The summed E-state index contributed by atoms with van der Waals surface area (Å²) in [5, 5.41) is 11.8. The highest BCUT2D eigenvalue weighted by atomic mass is 16.2. The average molecular weight is 252 g/mol. The van der Waals surface area contributed by atoms with Crippen LogP contribution in [0.3, 0.4) is 0 Å². The number of amides is 1. The molecule has 5 nitrogen and oxygen atoms in total. The van der Waals surface area contributed by atoms with E-state index in [2.05, 4.69) is 16.1 Å². The molecule has 0 heterocycles. The first-order valence-electron chi connectivity index (χ1n) is 5.93. The molecule has 0 N–H and O–H groups in total. The lowest BCUT2D eigenvalue weighted by atomic mass is 10.1. The summed E-state index contributed by atoms with van der Waals surface area (Å²) >= 11 is 0. The zero-order valence-corrected chi connectivity index (χ0v) is 10.4. The minimum Gasteiger partial charge on any atom is -0.292 e. The van der Waals surface area contributed by atoms with Crippen LogP contribution in [0.4, 0.5) is 0 Å². The molecule has 2 rings (SSSR count). The van der Waals surface area contributed by atoms with Crippen LogP contribution in [0.25, 0.3) is 16.5 Å². The molecule has 0 aliphatic heterocycles. The predicted octanol–water partition coefficient (Wildman–Crippen LogP) is 3.43. The van der Waals surface area contributed by atoms with Crippen LogP contribution in [0, 0.1) is 23.2 Å². The molecule has 1 amide bonds. The predicted molar refractivity (Wildman–Crippen MR) is 70.6 cm³/mol. The van der Waals surface area contributed by atoms with Gasteiger partial charge in [0.25, 0.3) is 0 Å². The van der Waals surface area contributed by atoms with Gasteiger partial charge in [-0.2, -0.15) is 5.26 Å². The largest absolute Gasteiger partial charge is 0.292 e. The first kappa shape index (κ1) is 12.9. The van der Waals surface area contributed by atoms with Crippen molar-refractivity contribution in [2.45, 2.75) is 13.3 Å². The quantitative estimate of drug-likeness (QED) is 0.468. The molecule has 0 saturated heterocycles. The lowest BCUT2D eigenvalue weighted by molar-refractivity contribution is -0.119. The van der Waals surface area contributed by atoms with Crippen LogP contribution in [0.1, 0.15) is 24.5 Å². The maximum absolute atomic E-state index is 11.4. The van der Waals surface area contributed by atoms with Crippen LogP contribution in [0.5, 0.6) is 0 Å². The molecule has 1 fully saturated rings. The second kappa shape index (κ2) is 5.38. The van der Waals surface area contributed by atoms with Gasteiger partial charge < -0.3 is 0 Å². The fraction of sp³-hybridized carbons (Fsp3) is 0.286. The van der Waals surface area contributed by atoms with E-state index in [0.717, 1.165) is 17.6 Å². The summed E-state index contributed by atoms with van der Waals surface area (Å²) in [6.45, 7) is 1.96. The van der Waals surface area contributed by atoms with Crippen molar-refractivity contribution in [3.8, 4) is 6.07 Å². The third kappa shape index (κ3) is 3.01. The van der Waals surface area contributed by atoms with E-state index >= 15 is 0 Å². The number of nitrogens with zero attached hydrogens (tertiary/aromatic N) is 4. The number of rotatable bonds is 3.